The van der Waals surface area contributed by atoms with Gasteiger partial charge in [0.1, 0.15) is 5.01 Å². The molecule has 0 aliphatic carbocycles. The summed E-state index contributed by atoms with van der Waals surface area (Å²) in [6.07, 6.45) is 2.71. The lowest BCUT2D eigenvalue weighted by Gasteiger charge is -1.95. The van der Waals surface area contributed by atoms with Crippen molar-refractivity contribution in [3.63, 3.8) is 0 Å². The molecule has 0 bridgehead atoms. The van der Waals surface area contributed by atoms with Crippen LogP contribution in [-0.4, -0.2) is 22.5 Å². The Bertz CT molecular complexity index is 177. The highest BCUT2D eigenvalue weighted by atomic mass is 32.2. The van der Waals surface area contributed by atoms with E-state index in [1.807, 2.05) is 23.3 Å². The van der Waals surface area contributed by atoms with Gasteiger partial charge in [0.2, 0.25) is 0 Å². The Kier molecular flexibility index (Phi) is 4.58. The summed E-state index contributed by atoms with van der Waals surface area (Å²) >= 11 is 3.51. The van der Waals surface area contributed by atoms with Crippen molar-refractivity contribution < 1.29 is 5.11 Å². The number of thiazole rings is 1. The predicted molar refractivity (Wildman–Crippen MR) is 50.0 cm³/mol. The van der Waals surface area contributed by atoms with Crippen molar-refractivity contribution in [2.45, 2.75) is 12.2 Å². The molecule has 2 nitrogen and oxygen atoms in total. The summed E-state index contributed by atoms with van der Waals surface area (Å²) in [5.41, 5.74) is 0. The van der Waals surface area contributed by atoms with Gasteiger partial charge in [0.15, 0.2) is 0 Å². The fraction of sp³-hybridized carbons (Fsp3) is 0.571. The minimum atomic E-state index is 0.296. The van der Waals surface area contributed by atoms with Crippen LogP contribution in [0, 0.1) is 0 Å². The van der Waals surface area contributed by atoms with Gasteiger partial charge in [-0.25, -0.2) is 4.98 Å². The van der Waals surface area contributed by atoms with Crippen molar-refractivity contribution in [2.75, 3.05) is 12.4 Å². The van der Waals surface area contributed by atoms with Crippen LogP contribution in [0.5, 0.6) is 0 Å². The topological polar surface area (TPSA) is 33.1 Å². The van der Waals surface area contributed by atoms with Crippen LogP contribution in [0.1, 0.15) is 11.4 Å². The molecule has 0 aromatic carbocycles. The van der Waals surface area contributed by atoms with Crippen LogP contribution in [0.25, 0.3) is 0 Å². The summed E-state index contributed by atoms with van der Waals surface area (Å²) in [4.78, 5) is 4.15. The molecule has 0 aliphatic heterocycles. The molecule has 1 heterocycles. The molecule has 0 saturated carbocycles. The van der Waals surface area contributed by atoms with E-state index in [0.717, 1.165) is 17.9 Å². The third kappa shape index (κ3) is 3.74. The van der Waals surface area contributed by atoms with E-state index in [2.05, 4.69) is 4.98 Å². The van der Waals surface area contributed by atoms with Gasteiger partial charge in [-0.05, 0) is 12.2 Å². The number of hydrogen-bond donors (Lipinski definition) is 1. The minimum Gasteiger partial charge on any atom is -0.396 e. The first kappa shape index (κ1) is 9.03. The molecule has 1 aromatic heterocycles. The number of aromatic nitrogens is 1. The van der Waals surface area contributed by atoms with E-state index < -0.39 is 0 Å². The highest BCUT2D eigenvalue weighted by Crippen LogP contribution is 2.14. The van der Waals surface area contributed by atoms with Crippen LogP contribution in [-0.2, 0) is 5.75 Å². The minimum absolute atomic E-state index is 0.296. The number of thioether (sulfide) groups is 1. The average molecular weight is 189 g/mol. The number of aliphatic hydroxyl groups excluding tert-OH is 1. The maximum Gasteiger partial charge on any atom is 0.102 e. The van der Waals surface area contributed by atoms with E-state index in [4.69, 9.17) is 5.11 Å². The van der Waals surface area contributed by atoms with Crippen molar-refractivity contribution in [2.24, 2.45) is 0 Å². The third-order valence-corrected chi connectivity index (χ3v) is 3.17. The second-order valence-corrected chi connectivity index (χ2v) is 4.14. The van der Waals surface area contributed by atoms with Gasteiger partial charge in [0.25, 0.3) is 0 Å². The van der Waals surface area contributed by atoms with Crippen molar-refractivity contribution in [1.82, 2.24) is 4.98 Å². The van der Waals surface area contributed by atoms with Crippen molar-refractivity contribution in [3.8, 4) is 0 Å². The summed E-state index contributed by atoms with van der Waals surface area (Å²) in [6.45, 7) is 0.296. The molecule has 0 amide bonds. The van der Waals surface area contributed by atoms with Gasteiger partial charge in [-0.1, -0.05) is 0 Å². The second kappa shape index (κ2) is 5.57. The molecular formula is C7H11NOS2. The predicted octanol–water partition coefficient (Wildman–Crippen LogP) is 1.76. The molecule has 1 N–H and O–H groups in total. The number of hydrogen-bond acceptors (Lipinski definition) is 4. The Morgan fingerprint density at radius 1 is 1.64 bits per heavy atom. The SMILES string of the molecule is OCCCSCc1nccs1. The molecule has 0 saturated heterocycles. The maximum atomic E-state index is 8.50. The number of aliphatic hydroxyl groups is 1. The van der Waals surface area contributed by atoms with Gasteiger partial charge < -0.3 is 5.11 Å². The van der Waals surface area contributed by atoms with E-state index in [9.17, 15) is 0 Å². The van der Waals surface area contributed by atoms with Gasteiger partial charge >= 0.3 is 0 Å². The zero-order valence-electron chi connectivity index (χ0n) is 6.19. The zero-order valence-corrected chi connectivity index (χ0v) is 7.83. The van der Waals surface area contributed by atoms with E-state index in [0.29, 0.717) is 6.61 Å². The van der Waals surface area contributed by atoms with Crippen LogP contribution >= 0.6 is 23.1 Å². The number of nitrogens with zero attached hydrogens (tertiary/aromatic N) is 1. The average Bonchev–Trinajstić information content (AvgIpc) is 2.50. The normalized spacial score (nSPS) is 10.3. The summed E-state index contributed by atoms with van der Waals surface area (Å²) in [6, 6.07) is 0. The molecule has 62 valence electrons. The van der Waals surface area contributed by atoms with E-state index >= 15 is 0 Å². The van der Waals surface area contributed by atoms with E-state index in [1.54, 1.807) is 11.3 Å². The zero-order chi connectivity index (χ0) is 7.94. The van der Waals surface area contributed by atoms with Crippen molar-refractivity contribution >= 4 is 23.1 Å². The van der Waals surface area contributed by atoms with Gasteiger partial charge in [0, 0.05) is 23.9 Å². The van der Waals surface area contributed by atoms with Crippen LogP contribution < -0.4 is 0 Å². The smallest absolute Gasteiger partial charge is 0.102 e. The van der Waals surface area contributed by atoms with Gasteiger partial charge in [-0.15, -0.1) is 11.3 Å². The highest BCUT2D eigenvalue weighted by Gasteiger charge is 1.94. The Labute approximate surface area is 74.7 Å². The van der Waals surface area contributed by atoms with Crippen molar-refractivity contribution in [1.29, 1.82) is 0 Å². The van der Waals surface area contributed by atoms with E-state index in [1.165, 1.54) is 5.01 Å². The molecular weight excluding hydrogens is 178 g/mol. The third-order valence-electron chi connectivity index (χ3n) is 1.16. The maximum absolute atomic E-state index is 8.50. The second-order valence-electron chi connectivity index (χ2n) is 2.06. The summed E-state index contributed by atoms with van der Waals surface area (Å²) < 4.78 is 0. The fourth-order valence-corrected chi connectivity index (χ4v) is 2.30. The lowest BCUT2D eigenvalue weighted by atomic mass is 10.5. The molecule has 0 spiro atoms. The number of rotatable bonds is 5. The fourth-order valence-electron chi connectivity index (χ4n) is 0.650. The molecule has 1 rings (SSSR count). The first-order valence-corrected chi connectivity index (χ1v) is 5.54. The Morgan fingerprint density at radius 2 is 2.55 bits per heavy atom. The quantitative estimate of drug-likeness (QED) is 0.716. The standard InChI is InChI=1S/C7H11NOS2/c9-3-1-4-10-6-7-8-2-5-11-7/h2,5,9H,1,3-4,6H2. The largest absolute Gasteiger partial charge is 0.396 e. The van der Waals surface area contributed by atoms with Crippen molar-refractivity contribution in [3.05, 3.63) is 16.6 Å². The van der Waals surface area contributed by atoms with E-state index in [-0.39, 0.29) is 0 Å². The highest BCUT2D eigenvalue weighted by molar-refractivity contribution is 7.98. The Morgan fingerprint density at radius 3 is 3.18 bits per heavy atom. The molecule has 0 unspecified atom stereocenters. The Balaban J connectivity index is 2.04. The van der Waals surface area contributed by atoms with Crippen LogP contribution in [0.4, 0.5) is 0 Å². The van der Waals surface area contributed by atoms with Gasteiger partial charge in [-0.2, -0.15) is 11.8 Å². The lowest BCUT2D eigenvalue weighted by molar-refractivity contribution is 0.296. The molecule has 0 radical (unpaired) electrons. The van der Waals surface area contributed by atoms with Gasteiger partial charge in [0.05, 0.1) is 0 Å². The monoisotopic (exact) mass is 189 g/mol. The van der Waals surface area contributed by atoms with Crippen LogP contribution in [0.3, 0.4) is 0 Å². The molecule has 0 atom stereocenters. The summed E-state index contributed by atoms with van der Waals surface area (Å²) in [7, 11) is 0. The van der Waals surface area contributed by atoms with Crippen LogP contribution in [0.2, 0.25) is 0 Å². The van der Waals surface area contributed by atoms with Crippen LogP contribution in [0.15, 0.2) is 11.6 Å². The molecule has 0 fully saturated rings. The van der Waals surface area contributed by atoms with Gasteiger partial charge in [-0.3, -0.25) is 0 Å². The summed E-state index contributed by atoms with van der Waals surface area (Å²) in [5, 5.41) is 11.7. The Hall–Kier alpha value is -0.0600. The first-order chi connectivity index (χ1) is 5.43. The first-order valence-electron chi connectivity index (χ1n) is 3.50. The molecule has 1 aromatic rings. The molecule has 11 heavy (non-hydrogen) atoms. The molecule has 4 heteroatoms. The summed E-state index contributed by atoms with van der Waals surface area (Å²) in [5.74, 6) is 2.01. The molecule has 0 aliphatic rings. The lowest BCUT2D eigenvalue weighted by Crippen LogP contribution is -1.86.